The maximum atomic E-state index is 12.0. The molecule has 24 heavy (non-hydrogen) atoms. The van der Waals surface area contributed by atoms with Crippen LogP contribution in [0, 0.1) is 13.8 Å². The van der Waals surface area contributed by atoms with Gasteiger partial charge >= 0.3 is 0 Å². The zero-order chi connectivity index (χ0) is 16.9. The fraction of sp³-hybridized carbons (Fsp3) is 0.200. The molecule has 0 fully saturated rings. The number of aromatic nitrogens is 1. The second kappa shape index (κ2) is 7.13. The van der Waals surface area contributed by atoms with Gasteiger partial charge < -0.3 is 9.84 Å². The summed E-state index contributed by atoms with van der Waals surface area (Å²) >= 11 is 0. The number of amides is 1. The van der Waals surface area contributed by atoms with Gasteiger partial charge in [0.2, 0.25) is 5.91 Å². The van der Waals surface area contributed by atoms with Crippen molar-refractivity contribution in [1.82, 2.24) is 10.5 Å². The van der Waals surface area contributed by atoms with Gasteiger partial charge in [-0.05, 0) is 19.4 Å². The molecule has 4 nitrogen and oxygen atoms in total. The summed E-state index contributed by atoms with van der Waals surface area (Å²) in [6, 6.07) is 17.9. The Labute approximate surface area is 141 Å². The van der Waals surface area contributed by atoms with Crippen LogP contribution in [0.5, 0.6) is 0 Å². The minimum absolute atomic E-state index is 0.0273. The van der Waals surface area contributed by atoms with Crippen LogP contribution in [-0.2, 0) is 17.8 Å². The third kappa shape index (κ3) is 4.10. The van der Waals surface area contributed by atoms with Crippen molar-refractivity contribution in [2.75, 3.05) is 0 Å². The van der Waals surface area contributed by atoms with Gasteiger partial charge in [-0.1, -0.05) is 64.8 Å². The average Bonchev–Trinajstić information content (AvgIpc) is 3.03. The first-order valence-corrected chi connectivity index (χ1v) is 7.95. The SMILES string of the molecule is Cc1ccc(-c2cc(CNC(=O)Cc3cccc(C)c3)no2)cc1. The molecule has 4 heteroatoms. The van der Waals surface area contributed by atoms with Crippen LogP contribution in [0.1, 0.15) is 22.4 Å². The lowest BCUT2D eigenvalue weighted by molar-refractivity contribution is -0.120. The molecule has 3 aromatic rings. The monoisotopic (exact) mass is 320 g/mol. The van der Waals surface area contributed by atoms with Gasteiger partial charge in [-0.15, -0.1) is 0 Å². The van der Waals surface area contributed by atoms with Crippen LogP contribution >= 0.6 is 0 Å². The van der Waals surface area contributed by atoms with Crippen molar-refractivity contribution in [1.29, 1.82) is 0 Å². The Morgan fingerprint density at radius 2 is 1.83 bits per heavy atom. The summed E-state index contributed by atoms with van der Waals surface area (Å²) in [6.07, 6.45) is 0.365. The first-order valence-electron chi connectivity index (χ1n) is 7.95. The summed E-state index contributed by atoms with van der Waals surface area (Å²) in [4.78, 5) is 12.0. The largest absolute Gasteiger partial charge is 0.356 e. The van der Waals surface area contributed by atoms with E-state index >= 15 is 0 Å². The Balaban J connectivity index is 1.57. The summed E-state index contributed by atoms with van der Waals surface area (Å²) in [7, 11) is 0. The molecule has 0 atom stereocenters. The Kier molecular flexibility index (Phi) is 4.75. The van der Waals surface area contributed by atoms with Crippen LogP contribution in [0.2, 0.25) is 0 Å². The molecule has 122 valence electrons. The fourth-order valence-electron chi connectivity index (χ4n) is 2.51. The molecule has 3 rings (SSSR count). The Morgan fingerprint density at radius 3 is 2.58 bits per heavy atom. The third-order valence-electron chi connectivity index (χ3n) is 3.81. The van der Waals surface area contributed by atoms with Crippen molar-refractivity contribution in [3.8, 4) is 11.3 Å². The van der Waals surface area contributed by atoms with Crippen LogP contribution in [0.15, 0.2) is 59.1 Å². The zero-order valence-corrected chi connectivity index (χ0v) is 13.9. The van der Waals surface area contributed by atoms with E-state index in [1.165, 1.54) is 5.56 Å². The zero-order valence-electron chi connectivity index (χ0n) is 13.9. The second-order valence-electron chi connectivity index (χ2n) is 5.99. The van der Waals surface area contributed by atoms with E-state index in [4.69, 9.17) is 4.52 Å². The van der Waals surface area contributed by atoms with Crippen molar-refractivity contribution >= 4 is 5.91 Å². The number of hydrogen-bond acceptors (Lipinski definition) is 3. The highest BCUT2D eigenvalue weighted by Crippen LogP contribution is 2.20. The predicted molar refractivity (Wildman–Crippen MR) is 93.4 cm³/mol. The molecular formula is C20H20N2O2. The fourth-order valence-corrected chi connectivity index (χ4v) is 2.51. The lowest BCUT2D eigenvalue weighted by Gasteiger charge is -2.04. The molecule has 1 amide bonds. The van der Waals surface area contributed by atoms with Gasteiger partial charge in [0.1, 0.15) is 5.69 Å². The standard InChI is InChI=1S/C20H20N2O2/c1-14-6-8-17(9-7-14)19-12-18(22-24-19)13-21-20(23)11-16-5-3-4-15(2)10-16/h3-10,12H,11,13H2,1-2H3,(H,21,23). The number of carbonyl (C=O) groups is 1. The van der Waals surface area contributed by atoms with Crippen LogP contribution < -0.4 is 5.32 Å². The highest BCUT2D eigenvalue weighted by molar-refractivity contribution is 5.78. The number of hydrogen-bond donors (Lipinski definition) is 1. The van der Waals surface area contributed by atoms with Gasteiger partial charge in [-0.3, -0.25) is 4.79 Å². The molecule has 0 bridgehead atoms. The second-order valence-corrected chi connectivity index (χ2v) is 5.99. The number of carbonyl (C=O) groups excluding carboxylic acids is 1. The molecule has 0 saturated heterocycles. The van der Waals surface area contributed by atoms with Crippen molar-refractivity contribution < 1.29 is 9.32 Å². The van der Waals surface area contributed by atoms with Gasteiger partial charge in [0, 0.05) is 11.6 Å². The quantitative estimate of drug-likeness (QED) is 0.777. The number of nitrogens with one attached hydrogen (secondary N) is 1. The summed E-state index contributed by atoms with van der Waals surface area (Å²) in [6.45, 7) is 4.42. The van der Waals surface area contributed by atoms with Crippen molar-refractivity contribution in [3.63, 3.8) is 0 Å². The highest BCUT2D eigenvalue weighted by atomic mass is 16.5. The van der Waals surface area contributed by atoms with E-state index in [2.05, 4.69) is 10.5 Å². The molecule has 1 aromatic heterocycles. The molecule has 0 aliphatic rings. The van der Waals surface area contributed by atoms with Crippen LogP contribution in [0.25, 0.3) is 11.3 Å². The van der Waals surface area contributed by atoms with Crippen molar-refractivity contribution in [2.45, 2.75) is 26.8 Å². The van der Waals surface area contributed by atoms with Gasteiger partial charge in [-0.2, -0.15) is 0 Å². The molecule has 0 radical (unpaired) electrons. The summed E-state index contributed by atoms with van der Waals surface area (Å²) < 4.78 is 5.36. The van der Waals surface area contributed by atoms with Gasteiger partial charge in [-0.25, -0.2) is 0 Å². The van der Waals surface area contributed by atoms with E-state index in [0.29, 0.717) is 24.4 Å². The molecule has 0 aliphatic heterocycles. The van der Waals surface area contributed by atoms with E-state index in [9.17, 15) is 4.79 Å². The molecule has 0 aliphatic carbocycles. The molecule has 1 heterocycles. The lowest BCUT2D eigenvalue weighted by atomic mass is 10.1. The summed E-state index contributed by atoms with van der Waals surface area (Å²) in [5, 5.41) is 6.90. The van der Waals surface area contributed by atoms with Crippen LogP contribution in [-0.4, -0.2) is 11.1 Å². The van der Waals surface area contributed by atoms with Crippen molar-refractivity contribution in [3.05, 3.63) is 77.0 Å². The maximum Gasteiger partial charge on any atom is 0.224 e. The molecule has 0 unspecified atom stereocenters. The van der Waals surface area contributed by atoms with E-state index in [-0.39, 0.29) is 5.91 Å². The first-order chi connectivity index (χ1) is 11.6. The Bertz CT molecular complexity index is 835. The molecule has 0 saturated carbocycles. The maximum absolute atomic E-state index is 12.0. The Hall–Kier alpha value is -2.88. The van der Waals surface area contributed by atoms with E-state index in [1.807, 2.05) is 68.4 Å². The number of aryl methyl sites for hydroxylation is 2. The minimum Gasteiger partial charge on any atom is -0.356 e. The first kappa shape index (κ1) is 16.0. The number of benzene rings is 2. The van der Waals surface area contributed by atoms with Crippen LogP contribution in [0.4, 0.5) is 0 Å². The summed E-state index contributed by atoms with van der Waals surface area (Å²) in [5.74, 6) is 0.679. The Morgan fingerprint density at radius 1 is 1.04 bits per heavy atom. The van der Waals surface area contributed by atoms with Crippen molar-refractivity contribution in [2.24, 2.45) is 0 Å². The van der Waals surface area contributed by atoms with Gasteiger partial charge in [0.25, 0.3) is 0 Å². The highest BCUT2D eigenvalue weighted by Gasteiger charge is 2.09. The average molecular weight is 320 g/mol. The molecular weight excluding hydrogens is 300 g/mol. The van der Waals surface area contributed by atoms with E-state index in [1.54, 1.807) is 0 Å². The van der Waals surface area contributed by atoms with Gasteiger partial charge in [0.15, 0.2) is 5.76 Å². The molecule has 0 spiro atoms. The smallest absolute Gasteiger partial charge is 0.224 e. The minimum atomic E-state index is -0.0273. The van der Waals surface area contributed by atoms with Crippen LogP contribution in [0.3, 0.4) is 0 Å². The number of rotatable bonds is 5. The summed E-state index contributed by atoms with van der Waals surface area (Å²) in [5.41, 5.74) is 5.04. The lowest BCUT2D eigenvalue weighted by Crippen LogP contribution is -2.24. The molecule has 2 aromatic carbocycles. The van der Waals surface area contributed by atoms with Gasteiger partial charge in [0.05, 0.1) is 13.0 Å². The molecule has 1 N–H and O–H groups in total. The van der Waals surface area contributed by atoms with E-state index < -0.39 is 0 Å². The van der Waals surface area contributed by atoms with E-state index in [0.717, 1.165) is 16.7 Å². The third-order valence-corrected chi connectivity index (χ3v) is 3.81. The topological polar surface area (TPSA) is 55.1 Å². The normalized spacial score (nSPS) is 10.6. The predicted octanol–water partition coefficient (Wildman–Crippen LogP) is 3.82. The number of nitrogens with zero attached hydrogens (tertiary/aromatic N) is 1.